The predicted molar refractivity (Wildman–Crippen MR) is 198 cm³/mol. The average Bonchev–Trinajstić information content (AvgIpc) is 3.59. The van der Waals surface area contributed by atoms with E-state index in [1.165, 1.54) is 5.56 Å². The number of fused-ring (bicyclic) bond motifs is 1. The molecule has 2 fully saturated rings. The normalized spacial score (nSPS) is 23.3. The van der Waals surface area contributed by atoms with Crippen LogP contribution in [0.1, 0.15) is 41.5 Å². The lowest BCUT2D eigenvalue weighted by atomic mass is 9.51. The standard InChI is InChI=1S/C41H48N2O5.BrH/c1-42(2)32(24-29-14-8-5-9-15-29)20-23-39(45)43-27-35-36(28-43)41(46,34-25-33(47-3)21-22-37(34)48-4)38(44)26-40(35,30-16-10-6-11-17-30)31-18-12-7-13-19-31;/h5-19,21-22,25,32,35-36,38,44,46H,20,23-24,26-28H2,1-4H3;1H/t32?,35-,36+,38-,41+;/m1./s1. The molecule has 0 bridgehead atoms. The zero-order chi connectivity index (χ0) is 33.9. The number of likely N-dealkylation sites (N-methyl/N-ethyl adjacent to an activating group) is 1. The van der Waals surface area contributed by atoms with Crippen molar-refractivity contribution in [2.24, 2.45) is 11.8 Å². The van der Waals surface area contributed by atoms with E-state index in [1.54, 1.807) is 32.4 Å². The summed E-state index contributed by atoms with van der Waals surface area (Å²) in [6, 6.07) is 36.5. The van der Waals surface area contributed by atoms with E-state index < -0.39 is 23.0 Å². The van der Waals surface area contributed by atoms with Gasteiger partial charge in [-0.2, -0.15) is 0 Å². The van der Waals surface area contributed by atoms with Crippen LogP contribution in [0.5, 0.6) is 11.5 Å². The summed E-state index contributed by atoms with van der Waals surface area (Å²) in [5, 5.41) is 25.3. The fraction of sp³-hybridized carbons (Fsp3) is 0.390. The van der Waals surface area contributed by atoms with Crippen molar-refractivity contribution >= 4 is 22.9 Å². The molecule has 7 nitrogen and oxygen atoms in total. The molecule has 1 heterocycles. The van der Waals surface area contributed by atoms with Gasteiger partial charge < -0.3 is 29.5 Å². The number of hydrogen-bond acceptors (Lipinski definition) is 6. The number of rotatable bonds is 11. The lowest BCUT2D eigenvalue weighted by Gasteiger charge is -2.55. The minimum Gasteiger partial charge on any atom is -0.497 e. The molecule has 260 valence electrons. The van der Waals surface area contributed by atoms with Crippen LogP contribution in [-0.4, -0.2) is 79.5 Å². The van der Waals surface area contributed by atoms with Crippen molar-refractivity contribution in [1.29, 1.82) is 0 Å². The molecule has 1 unspecified atom stereocenters. The minimum absolute atomic E-state index is 0. The molecule has 0 aromatic heterocycles. The van der Waals surface area contributed by atoms with Crippen molar-refractivity contribution in [1.82, 2.24) is 9.80 Å². The van der Waals surface area contributed by atoms with Crippen LogP contribution >= 0.6 is 17.0 Å². The van der Waals surface area contributed by atoms with Crippen molar-refractivity contribution in [2.75, 3.05) is 41.4 Å². The Bertz CT molecular complexity index is 1630. The summed E-state index contributed by atoms with van der Waals surface area (Å²) in [6.07, 6.45) is 1.06. The van der Waals surface area contributed by atoms with Crippen LogP contribution in [0.2, 0.25) is 0 Å². The third-order valence-corrected chi connectivity index (χ3v) is 11.0. The van der Waals surface area contributed by atoms with Gasteiger partial charge in [0.1, 0.15) is 17.1 Å². The van der Waals surface area contributed by atoms with Gasteiger partial charge in [0.05, 0.1) is 20.3 Å². The number of amides is 1. The van der Waals surface area contributed by atoms with Gasteiger partial charge in [-0.25, -0.2) is 0 Å². The minimum atomic E-state index is -1.70. The van der Waals surface area contributed by atoms with E-state index in [0.29, 0.717) is 43.0 Å². The van der Waals surface area contributed by atoms with Gasteiger partial charge in [-0.3, -0.25) is 4.79 Å². The second kappa shape index (κ2) is 15.5. The highest BCUT2D eigenvalue weighted by Crippen LogP contribution is 2.60. The lowest BCUT2D eigenvalue weighted by molar-refractivity contribution is -0.168. The summed E-state index contributed by atoms with van der Waals surface area (Å²) in [5.41, 5.74) is 1.50. The van der Waals surface area contributed by atoms with Gasteiger partial charge in [-0.1, -0.05) is 91.0 Å². The molecule has 4 aromatic rings. The molecule has 8 heteroatoms. The molecule has 4 aromatic carbocycles. The zero-order valence-electron chi connectivity index (χ0n) is 28.9. The molecule has 1 aliphatic heterocycles. The molecule has 6 rings (SSSR count). The van der Waals surface area contributed by atoms with Crippen LogP contribution in [0.15, 0.2) is 109 Å². The van der Waals surface area contributed by atoms with E-state index in [-0.39, 0.29) is 41.3 Å². The third kappa shape index (κ3) is 6.89. The fourth-order valence-electron chi connectivity index (χ4n) is 8.50. The van der Waals surface area contributed by atoms with Crippen molar-refractivity contribution < 1.29 is 24.5 Å². The molecular weight excluding hydrogens is 680 g/mol. The summed E-state index contributed by atoms with van der Waals surface area (Å²) in [4.78, 5) is 18.4. The number of aliphatic hydroxyl groups excluding tert-OH is 1. The second-order valence-electron chi connectivity index (χ2n) is 13.7. The highest BCUT2D eigenvalue weighted by molar-refractivity contribution is 8.93. The first-order chi connectivity index (χ1) is 23.2. The van der Waals surface area contributed by atoms with Crippen LogP contribution in [-0.2, 0) is 22.2 Å². The number of benzene rings is 4. The maximum atomic E-state index is 14.2. The van der Waals surface area contributed by atoms with E-state index in [9.17, 15) is 15.0 Å². The van der Waals surface area contributed by atoms with Crippen molar-refractivity contribution in [3.8, 4) is 11.5 Å². The number of carbonyl (C=O) groups excluding carboxylic acids is 1. The van der Waals surface area contributed by atoms with Gasteiger partial charge in [0, 0.05) is 42.4 Å². The van der Waals surface area contributed by atoms with Gasteiger partial charge in [-0.05, 0) is 74.2 Å². The largest absolute Gasteiger partial charge is 0.497 e. The quantitative estimate of drug-likeness (QED) is 0.190. The monoisotopic (exact) mass is 728 g/mol. The number of ether oxygens (including phenoxy) is 2. The number of halogens is 1. The smallest absolute Gasteiger partial charge is 0.222 e. The molecule has 1 saturated heterocycles. The van der Waals surface area contributed by atoms with Crippen molar-refractivity contribution in [2.45, 2.75) is 48.8 Å². The number of aliphatic hydroxyl groups is 2. The average molecular weight is 730 g/mol. The van der Waals surface area contributed by atoms with E-state index in [1.807, 2.05) is 47.4 Å². The van der Waals surface area contributed by atoms with Gasteiger partial charge in [-0.15, -0.1) is 17.0 Å². The van der Waals surface area contributed by atoms with Crippen LogP contribution < -0.4 is 9.47 Å². The summed E-state index contributed by atoms with van der Waals surface area (Å²) in [7, 11) is 7.29. The van der Waals surface area contributed by atoms with Crippen LogP contribution in [0.25, 0.3) is 0 Å². The molecule has 0 spiro atoms. The Morgan fingerprint density at radius 2 is 1.43 bits per heavy atom. The Hall–Kier alpha value is -3.69. The van der Waals surface area contributed by atoms with Crippen molar-refractivity contribution in [3.63, 3.8) is 0 Å². The Labute approximate surface area is 301 Å². The van der Waals surface area contributed by atoms with Crippen molar-refractivity contribution in [3.05, 3.63) is 131 Å². The predicted octanol–water partition coefficient (Wildman–Crippen LogP) is 6.25. The first-order valence-electron chi connectivity index (χ1n) is 16.9. The fourth-order valence-corrected chi connectivity index (χ4v) is 8.50. The summed E-state index contributed by atoms with van der Waals surface area (Å²) in [6.45, 7) is 0.768. The first-order valence-corrected chi connectivity index (χ1v) is 16.9. The zero-order valence-corrected chi connectivity index (χ0v) is 30.6. The second-order valence-corrected chi connectivity index (χ2v) is 13.7. The lowest BCUT2D eigenvalue weighted by Crippen LogP contribution is -2.60. The third-order valence-electron chi connectivity index (χ3n) is 11.0. The number of likely N-dealkylation sites (tertiary alicyclic amines) is 1. The van der Waals surface area contributed by atoms with E-state index in [0.717, 1.165) is 17.5 Å². The Morgan fingerprint density at radius 3 is 1.98 bits per heavy atom. The number of nitrogens with zero attached hydrogens (tertiary/aromatic N) is 2. The molecule has 49 heavy (non-hydrogen) atoms. The summed E-state index contributed by atoms with van der Waals surface area (Å²) < 4.78 is 11.4. The molecule has 1 amide bonds. The molecule has 2 N–H and O–H groups in total. The van der Waals surface area contributed by atoms with Crippen LogP contribution in [0.4, 0.5) is 0 Å². The van der Waals surface area contributed by atoms with E-state index >= 15 is 0 Å². The maximum Gasteiger partial charge on any atom is 0.222 e. The highest BCUT2D eigenvalue weighted by Gasteiger charge is 2.65. The van der Waals surface area contributed by atoms with Gasteiger partial charge in [0.2, 0.25) is 5.91 Å². The molecule has 2 aliphatic rings. The Balaban J connectivity index is 0.00000468. The SMILES string of the molecule is Br.COc1ccc(OC)c([C@@]2(O)[C@H](O)CC(c3ccccc3)(c3ccccc3)[C@@H]3CN(C(=O)CCC(Cc4ccccc4)N(C)C)C[C@@H]32)c1. The summed E-state index contributed by atoms with van der Waals surface area (Å²) >= 11 is 0. The number of hydrogen-bond donors (Lipinski definition) is 2. The number of methoxy groups -OCH3 is 2. The molecule has 1 saturated carbocycles. The highest BCUT2D eigenvalue weighted by atomic mass is 79.9. The maximum absolute atomic E-state index is 14.2. The number of carbonyl (C=O) groups is 1. The molecule has 1 aliphatic carbocycles. The molecular formula is C41H49BrN2O5. The summed E-state index contributed by atoms with van der Waals surface area (Å²) in [5.74, 6) is 0.395. The molecule has 5 atom stereocenters. The van der Waals surface area contributed by atoms with Gasteiger partial charge >= 0.3 is 0 Å². The topological polar surface area (TPSA) is 82.5 Å². The first kappa shape index (κ1) is 36.6. The molecule has 0 radical (unpaired) electrons. The Morgan fingerprint density at radius 1 is 0.857 bits per heavy atom. The Kier molecular flexibility index (Phi) is 11.5. The van der Waals surface area contributed by atoms with Crippen LogP contribution in [0.3, 0.4) is 0 Å². The van der Waals surface area contributed by atoms with E-state index in [2.05, 4.69) is 67.5 Å². The van der Waals surface area contributed by atoms with Gasteiger partial charge in [0.25, 0.3) is 0 Å². The van der Waals surface area contributed by atoms with Gasteiger partial charge in [0.15, 0.2) is 0 Å². The van der Waals surface area contributed by atoms with E-state index in [4.69, 9.17) is 9.47 Å². The van der Waals surface area contributed by atoms with Crippen LogP contribution in [0, 0.1) is 11.8 Å².